The lowest BCUT2D eigenvalue weighted by molar-refractivity contribution is -0.129. The first kappa shape index (κ1) is 20.7. The number of amides is 1. The molecule has 0 atom stereocenters. The molecule has 3 N–H and O–H groups in total. The van der Waals surface area contributed by atoms with Crippen LogP contribution in [0.3, 0.4) is 0 Å². The van der Waals surface area contributed by atoms with Crippen molar-refractivity contribution in [2.45, 2.75) is 44.0 Å². The molecule has 2 aromatic carbocycles. The molecule has 1 aliphatic carbocycles. The van der Waals surface area contributed by atoms with E-state index in [0.29, 0.717) is 18.3 Å². The lowest BCUT2D eigenvalue weighted by Crippen LogP contribution is -2.45. The van der Waals surface area contributed by atoms with Gasteiger partial charge in [0.2, 0.25) is 5.91 Å². The first-order valence-corrected chi connectivity index (χ1v) is 10.3. The summed E-state index contributed by atoms with van der Waals surface area (Å²) in [5.74, 6) is 1.10. The highest BCUT2D eigenvalue weighted by molar-refractivity contribution is 6.17. The average Bonchev–Trinajstić information content (AvgIpc) is 2.74. The molecule has 3 rings (SSSR count). The number of halogens is 1. The third kappa shape index (κ3) is 4.34. The zero-order chi connectivity index (χ0) is 20.1. The van der Waals surface area contributed by atoms with Crippen molar-refractivity contribution in [2.75, 3.05) is 14.2 Å². The monoisotopic (exact) mass is 400 g/mol. The number of ether oxygens (including phenoxy) is 1. The van der Waals surface area contributed by atoms with Gasteiger partial charge in [0.25, 0.3) is 0 Å². The van der Waals surface area contributed by atoms with Gasteiger partial charge in [-0.25, -0.2) is 0 Å². The summed E-state index contributed by atoms with van der Waals surface area (Å²) < 4.78 is 5.60. The minimum absolute atomic E-state index is 0.207. The molecule has 0 saturated heterocycles. The zero-order valence-electron chi connectivity index (χ0n) is 16.6. The van der Waals surface area contributed by atoms with Crippen molar-refractivity contribution in [3.63, 3.8) is 0 Å². The molecule has 1 saturated carbocycles. The second-order valence-electron chi connectivity index (χ2n) is 7.74. The molecule has 0 heterocycles. The highest BCUT2D eigenvalue weighted by Gasteiger charge is 2.40. The molecule has 2 aromatic rings. The SMILES string of the molecule is CNC1CCC(Cc2cc(-c3ccc(CCl)cc3)ccc2OC)(C(N)=O)CC1. The Bertz CT molecular complexity index is 812. The van der Waals surface area contributed by atoms with Crippen LogP contribution < -0.4 is 15.8 Å². The van der Waals surface area contributed by atoms with Crippen molar-refractivity contribution < 1.29 is 9.53 Å². The predicted molar refractivity (Wildman–Crippen MR) is 115 cm³/mol. The number of hydrogen-bond donors (Lipinski definition) is 2. The molecule has 150 valence electrons. The van der Waals surface area contributed by atoms with Crippen molar-refractivity contribution in [3.8, 4) is 16.9 Å². The van der Waals surface area contributed by atoms with Gasteiger partial charge in [0.05, 0.1) is 12.5 Å². The van der Waals surface area contributed by atoms with E-state index in [1.807, 2.05) is 31.3 Å². The van der Waals surface area contributed by atoms with Gasteiger partial charge in [-0.15, -0.1) is 11.6 Å². The molecule has 0 radical (unpaired) electrons. The van der Waals surface area contributed by atoms with E-state index in [-0.39, 0.29) is 5.91 Å². The molecule has 1 amide bonds. The van der Waals surface area contributed by atoms with Crippen LogP contribution in [0.25, 0.3) is 11.1 Å². The fraction of sp³-hybridized carbons (Fsp3) is 0.435. The molecular weight excluding hydrogens is 372 g/mol. The first-order chi connectivity index (χ1) is 13.5. The summed E-state index contributed by atoms with van der Waals surface area (Å²) in [6.07, 6.45) is 4.12. The summed E-state index contributed by atoms with van der Waals surface area (Å²) in [5, 5.41) is 3.32. The molecule has 0 aliphatic heterocycles. The lowest BCUT2D eigenvalue weighted by atomic mass is 9.68. The molecule has 4 nitrogen and oxygen atoms in total. The maximum Gasteiger partial charge on any atom is 0.223 e. The molecular formula is C23H29ClN2O2. The van der Waals surface area contributed by atoms with E-state index < -0.39 is 5.41 Å². The van der Waals surface area contributed by atoms with Crippen molar-refractivity contribution in [1.82, 2.24) is 5.32 Å². The van der Waals surface area contributed by atoms with Gasteiger partial charge >= 0.3 is 0 Å². The Balaban J connectivity index is 1.91. The number of benzene rings is 2. The van der Waals surface area contributed by atoms with Crippen LogP contribution in [0.15, 0.2) is 42.5 Å². The summed E-state index contributed by atoms with van der Waals surface area (Å²) in [4.78, 5) is 12.4. The van der Waals surface area contributed by atoms with Gasteiger partial charge in [-0.3, -0.25) is 4.79 Å². The van der Waals surface area contributed by atoms with Gasteiger partial charge in [-0.05, 0) is 73.5 Å². The van der Waals surface area contributed by atoms with Gasteiger partial charge in [-0.1, -0.05) is 30.3 Å². The molecule has 1 aliphatic rings. The van der Waals surface area contributed by atoms with Crippen LogP contribution in [0.1, 0.15) is 36.8 Å². The standard InChI is InChI=1S/C23H29ClN2O2/c1-26-20-9-11-23(12-10-20,22(25)27)14-19-13-18(7-8-21(19)28-2)17-5-3-16(15-24)4-6-17/h3-8,13,20,26H,9-12,14-15H2,1-2H3,(H2,25,27). The number of primary amides is 1. The molecule has 1 fully saturated rings. The van der Waals surface area contributed by atoms with E-state index in [9.17, 15) is 4.79 Å². The second-order valence-corrected chi connectivity index (χ2v) is 8.01. The minimum atomic E-state index is -0.512. The van der Waals surface area contributed by atoms with Crippen LogP contribution in [0.2, 0.25) is 0 Å². The number of nitrogens with two attached hydrogens (primary N) is 1. The van der Waals surface area contributed by atoms with E-state index in [1.165, 1.54) is 0 Å². The largest absolute Gasteiger partial charge is 0.496 e. The zero-order valence-corrected chi connectivity index (χ0v) is 17.4. The predicted octanol–water partition coefficient (Wildman–Crippen LogP) is 4.28. The number of carbonyl (C=O) groups excluding carboxylic acids is 1. The summed E-state index contributed by atoms with van der Waals surface area (Å²) in [6, 6.07) is 14.8. The van der Waals surface area contributed by atoms with Gasteiger partial charge in [-0.2, -0.15) is 0 Å². The van der Waals surface area contributed by atoms with E-state index >= 15 is 0 Å². The first-order valence-electron chi connectivity index (χ1n) is 9.80. The fourth-order valence-corrected chi connectivity index (χ4v) is 4.39. The van der Waals surface area contributed by atoms with Gasteiger partial charge in [0.1, 0.15) is 5.75 Å². The van der Waals surface area contributed by atoms with E-state index in [1.54, 1.807) is 7.11 Å². The maximum absolute atomic E-state index is 12.4. The number of alkyl halides is 1. The number of methoxy groups -OCH3 is 1. The normalized spacial score (nSPS) is 22.0. The number of carbonyl (C=O) groups is 1. The lowest BCUT2D eigenvalue weighted by Gasteiger charge is -2.38. The van der Waals surface area contributed by atoms with Crippen LogP contribution in [-0.4, -0.2) is 26.1 Å². The van der Waals surface area contributed by atoms with Crippen LogP contribution >= 0.6 is 11.6 Å². The van der Waals surface area contributed by atoms with E-state index in [2.05, 4.69) is 23.5 Å². The van der Waals surface area contributed by atoms with Crippen molar-refractivity contribution in [2.24, 2.45) is 11.1 Å². The van der Waals surface area contributed by atoms with Crippen LogP contribution in [0, 0.1) is 5.41 Å². The summed E-state index contributed by atoms with van der Waals surface area (Å²) in [6.45, 7) is 0. The Hall–Kier alpha value is -2.04. The topological polar surface area (TPSA) is 64.3 Å². The Morgan fingerprint density at radius 1 is 1.18 bits per heavy atom. The van der Waals surface area contributed by atoms with Crippen LogP contribution in [0.5, 0.6) is 5.75 Å². The Labute approximate surface area is 172 Å². The smallest absolute Gasteiger partial charge is 0.223 e. The maximum atomic E-state index is 12.4. The fourth-order valence-electron chi connectivity index (χ4n) is 4.22. The highest BCUT2D eigenvalue weighted by Crippen LogP contribution is 2.41. The molecule has 0 unspecified atom stereocenters. The van der Waals surface area contributed by atoms with E-state index in [4.69, 9.17) is 22.1 Å². The summed E-state index contributed by atoms with van der Waals surface area (Å²) in [7, 11) is 3.65. The number of hydrogen-bond acceptors (Lipinski definition) is 3. The molecule has 0 bridgehead atoms. The van der Waals surface area contributed by atoms with Crippen molar-refractivity contribution in [3.05, 3.63) is 53.6 Å². The second kappa shape index (κ2) is 8.97. The third-order valence-electron chi connectivity index (χ3n) is 6.12. The number of nitrogens with one attached hydrogen (secondary N) is 1. The third-order valence-corrected chi connectivity index (χ3v) is 6.43. The highest BCUT2D eigenvalue weighted by atomic mass is 35.5. The molecule has 0 aromatic heterocycles. The number of rotatable bonds is 7. The molecule has 0 spiro atoms. The van der Waals surface area contributed by atoms with Gasteiger partial charge in [0.15, 0.2) is 0 Å². The van der Waals surface area contributed by atoms with Crippen molar-refractivity contribution in [1.29, 1.82) is 0 Å². The Morgan fingerprint density at radius 2 is 1.82 bits per heavy atom. The van der Waals surface area contributed by atoms with Crippen LogP contribution in [-0.2, 0) is 17.1 Å². The molecule has 28 heavy (non-hydrogen) atoms. The average molecular weight is 401 g/mol. The van der Waals surface area contributed by atoms with Gasteiger partial charge < -0.3 is 15.8 Å². The quantitative estimate of drug-likeness (QED) is 0.682. The summed E-state index contributed by atoms with van der Waals surface area (Å²) >= 11 is 5.90. The van der Waals surface area contributed by atoms with E-state index in [0.717, 1.165) is 53.7 Å². The van der Waals surface area contributed by atoms with Crippen LogP contribution in [0.4, 0.5) is 0 Å². The Morgan fingerprint density at radius 3 is 2.36 bits per heavy atom. The minimum Gasteiger partial charge on any atom is -0.496 e. The van der Waals surface area contributed by atoms with Crippen molar-refractivity contribution >= 4 is 17.5 Å². The molecule has 5 heteroatoms. The Kier molecular flexibility index (Phi) is 6.63. The summed E-state index contributed by atoms with van der Waals surface area (Å²) in [5.41, 5.74) is 9.72. The van der Waals surface area contributed by atoms with Gasteiger partial charge in [0, 0.05) is 11.9 Å².